The molecule has 1 aromatic carbocycles. The largest absolute Gasteiger partial charge is 0.338 e. The van der Waals surface area contributed by atoms with Gasteiger partial charge in [-0.1, -0.05) is 13.0 Å². The summed E-state index contributed by atoms with van der Waals surface area (Å²) < 4.78 is 27.0. The van der Waals surface area contributed by atoms with Crippen molar-refractivity contribution in [3.05, 3.63) is 29.8 Å². The van der Waals surface area contributed by atoms with Crippen LogP contribution >= 0.6 is 0 Å². The highest BCUT2D eigenvalue weighted by molar-refractivity contribution is 7.89. The maximum absolute atomic E-state index is 12.6. The molecule has 23 heavy (non-hydrogen) atoms. The van der Waals surface area contributed by atoms with Crippen LogP contribution in [-0.2, 0) is 10.0 Å². The Morgan fingerprint density at radius 3 is 2.70 bits per heavy atom. The average Bonchev–Trinajstić information content (AvgIpc) is 2.89. The molecule has 3 N–H and O–H groups in total. The lowest BCUT2D eigenvalue weighted by Crippen LogP contribution is -2.34. The van der Waals surface area contributed by atoms with E-state index in [0.29, 0.717) is 25.2 Å². The Kier molecular flexibility index (Phi) is 5.13. The summed E-state index contributed by atoms with van der Waals surface area (Å²) in [5.74, 6) is -0.149. The minimum Gasteiger partial charge on any atom is -0.338 e. The van der Waals surface area contributed by atoms with Crippen LogP contribution in [0.15, 0.2) is 29.2 Å². The van der Waals surface area contributed by atoms with Crippen LogP contribution in [0.2, 0.25) is 0 Å². The number of benzene rings is 1. The molecule has 0 saturated carbocycles. The van der Waals surface area contributed by atoms with Gasteiger partial charge < -0.3 is 10.6 Å². The summed E-state index contributed by atoms with van der Waals surface area (Å²) in [4.78, 5) is 14.5. The third-order valence-electron chi connectivity index (χ3n) is 4.12. The standard InChI is InChI=1S/C16H25N3O3S/c1-12(2)18-23(21,22)14-6-4-5-13(9-14)15(20)19-8-7-16(3,10-17)11-19/h4-6,9,12,18H,7-8,10-11,17H2,1-3H3. The molecule has 1 fully saturated rings. The highest BCUT2D eigenvalue weighted by Crippen LogP contribution is 2.29. The molecule has 1 amide bonds. The van der Waals surface area contributed by atoms with Gasteiger partial charge in [-0.2, -0.15) is 0 Å². The van der Waals surface area contributed by atoms with E-state index >= 15 is 0 Å². The Labute approximate surface area is 138 Å². The molecule has 6 nitrogen and oxygen atoms in total. The quantitative estimate of drug-likeness (QED) is 0.842. The SMILES string of the molecule is CC(C)NS(=O)(=O)c1cccc(C(=O)N2CCC(C)(CN)C2)c1. The van der Waals surface area contributed by atoms with Gasteiger partial charge in [-0.25, -0.2) is 13.1 Å². The molecule has 0 bridgehead atoms. The van der Waals surface area contributed by atoms with Crippen molar-refractivity contribution in [3.8, 4) is 0 Å². The predicted molar refractivity (Wildman–Crippen MR) is 89.6 cm³/mol. The normalized spacial score (nSPS) is 21.9. The Balaban J connectivity index is 2.22. The lowest BCUT2D eigenvalue weighted by molar-refractivity contribution is 0.0776. The summed E-state index contributed by atoms with van der Waals surface area (Å²) in [6, 6.07) is 5.97. The van der Waals surface area contributed by atoms with Gasteiger partial charge in [0.2, 0.25) is 10.0 Å². The van der Waals surface area contributed by atoms with E-state index in [1.54, 1.807) is 30.9 Å². The first-order valence-corrected chi connectivity index (χ1v) is 9.27. The van der Waals surface area contributed by atoms with E-state index < -0.39 is 10.0 Å². The van der Waals surface area contributed by atoms with Gasteiger partial charge in [0.1, 0.15) is 0 Å². The van der Waals surface area contributed by atoms with Gasteiger partial charge in [0.25, 0.3) is 5.91 Å². The van der Waals surface area contributed by atoms with Crippen molar-refractivity contribution in [2.45, 2.75) is 38.1 Å². The van der Waals surface area contributed by atoms with Crippen molar-refractivity contribution >= 4 is 15.9 Å². The van der Waals surface area contributed by atoms with Crippen molar-refractivity contribution in [2.75, 3.05) is 19.6 Å². The van der Waals surface area contributed by atoms with Gasteiger partial charge in [-0.3, -0.25) is 4.79 Å². The summed E-state index contributed by atoms with van der Waals surface area (Å²) in [5, 5.41) is 0. The molecule has 1 atom stereocenters. The van der Waals surface area contributed by atoms with E-state index in [9.17, 15) is 13.2 Å². The molecular weight excluding hydrogens is 314 g/mol. The predicted octanol–water partition coefficient (Wildman–Crippen LogP) is 1.18. The number of nitrogens with zero attached hydrogens (tertiary/aromatic N) is 1. The van der Waals surface area contributed by atoms with Crippen LogP contribution in [0.3, 0.4) is 0 Å². The molecule has 128 valence electrons. The molecule has 1 heterocycles. The molecule has 0 radical (unpaired) electrons. The maximum atomic E-state index is 12.6. The second kappa shape index (κ2) is 6.59. The second-order valence-corrected chi connectivity index (χ2v) is 8.51. The van der Waals surface area contributed by atoms with Gasteiger partial charge in [0.15, 0.2) is 0 Å². The smallest absolute Gasteiger partial charge is 0.253 e. The van der Waals surface area contributed by atoms with Gasteiger partial charge >= 0.3 is 0 Å². The van der Waals surface area contributed by atoms with E-state index in [0.717, 1.165) is 6.42 Å². The molecular formula is C16H25N3O3S. The van der Waals surface area contributed by atoms with Crippen molar-refractivity contribution in [3.63, 3.8) is 0 Å². The molecule has 1 aliphatic heterocycles. The van der Waals surface area contributed by atoms with Crippen molar-refractivity contribution in [1.82, 2.24) is 9.62 Å². The molecule has 0 aliphatic carbocycles. The monoisotopic (exact) mass is 339 g/mol. The maximum Gasteiger partial charge on any atom is 0.253 e. The first-order valence-electron chi connectivity index (χ1n) is 7.79. The molecule has 1 aromatic rings. The number of hydrogen-bond acceptors (Lipinski definition) is 4. The van der Waals surface area contributed by atoms with Gasteiger partial charge in [0, 0.05) is 24.7 Å². The number of carbonyl (C=O) groups excluding carboxylic acids is 1. The van der Waals surface area contributed by atoms with E-state index in [1.165, 1.54) is 12.1 Å². The van der Waals surface area contributed by atoms with Crippen LogP contribution in [0.1, 0.15) is 37.6 Å². The Hall–Kier alpha value is -1.44. The molecule has 1 saturated heterocycles. The number of likely N-dealkylation sites (tertiary alicyclic amines) is 1. The number of nitrogens with one attached hydrogen (secondary N) is 1. The van der Waals surface area contributed by atoms with Crippen LogP contribution in [0, 0.1) is 5.41 Å². The number of carbonyl (C=O) groups is 1. The molecule has 1 unspecified atom stereocenters. The number of rotatable bonds is 5. The number of hydrogen-bond donors (Lipinski definition) is 2. The molecule has 0 aromatic heterocycles. The van der Waals surface area contributed by atoms with Gasteiger partial charge in [0.05, 0.1) is 4.90 Å². The summed E-state index contributed by atoms with van der Waals surface area (Å²) in [5.41, 5.74) is 6.10. The van der Waals surface area contributed by atoms with Crippen LogP contribution in [0.25, 0.3) is 0 Å². The topological polar surface area (TPSA) is 92.5 Å². The minimum atomic E-state index is -3.61. The molecule has 1 aliphatic rings. The zero-order chi connectivity index (χ0) is 17.3. The second-order valence-electron chi connectivity index (χ2n) is 6.80. The summed E-state index contributed by atoms with van der Waals surface area (Å²) in [6.07, 6.45) is 0.863. The van der Waals surface area contributed by atoms with E-state index in [1.807, 2.05) is 0 Å². The van der Waals surface area contributed by atoms with E-state index in [2.05, 4.69) is 11.6 Å². The fourth-order valence-corrected chi connectivity index (χ4v) is 4.02. The lowest BCUT2D eigenvalue weighted by atomic mass is 9.90. The summed E-state index contributed by atoms with van der Waals surface area (Å²) in [7, 11) is -3.61. The Morgan fingerprint density at radius 2 is 2.13 bits per heavy atom. The molecule has 0 spiro atoms. The van der Waals surface area contributed by atoms with Crippen LogP contribution in [0.4, 0.5) is 0 Å². The number of nitrogens with two attached hydrogens (primary N) is 1. The van der Waals surface area contributed by atoms with Gasteiger partial charge in [-0.05, 0) is 50.4 Å². The first kappa shape index (κ1) is 17.9. The molecule has 7 heteroatoms. The highest BCUT2D eigenvalue weighted by atomic mass is 32.2. The minimum absolute atomic E-state index is 0.0570. The Bertz CT molecular complexity index is 688. The van der Waals surface area contributed by atoms with Crippen LogP contribution in [0.5, 0.6) is 0 Å². The zero-order valence-corrected chi connectivity index (χ0v) is 14.7. The zero-order valence-electron chi connectivity index (χ0n) is 13.9. The van der Waals surface area contributed by atoms with Crippen LogP contribution in [-0.4, -0.2) is 44.9 Å². The number of sulfonamides is 1. The van der Waals surface area contributed by atoms with E-state index in [4.69, 9.17) is 5.73 Å². The molecule has 2 rings (SSSR count). The lowest BCUT2D eigenvalue weighted by Gasteiger charge is -2.22. The fraction of sp³-hybridized carbons (Fsp3) is 0.562. The van der Waals surface area contributed by atoms with E-state index in [-0.39, 0.29) is 22.3 Å². The average molecular weight is 339 g/mol. The third-order valence-corrected chi connectivity index (χ3v) is 5.78. The van der Waals surface area contributed by atoms with Gasteiger partial charge in [-0.15, -0.1) is 0 Å². The highest BCUT2D eigenvalue weighted by Gasteiger charge is 2.35. The Morgan fingerprint density at radius 1 is 1.43 bits per heavy atom. The fourth-order valence-electron chi connectivity index (χ4n) is 2.72. The summed E-state index contributed by atoms with van der Waals surface area (Å²) >= 11 is 0. The summed E-state index contributed by atoms with van der Waals surface area (Å²) in [6.45, 7) is 7.35. The number of amides is 1. The first-order chi connectivity index (χ1) is 10.7. The van der Waals surface area contributed by atoms with Crippen molar-refractivity contribution in [1.29, 1.82) is 0 Å². The van der Waals surface area contributed by atoms with Crippen molar-refractivity contribution in [2.24, 2.45) is 11.1 Å². The van der Waals surface area contributed by atoms with Crippen molar-refractivity contribution < 1.29 is 13.2 Å². The third kappa shape index (κ3) is 4.10. The van der Waals surface area contributed by atoms with Crippen LogP contribution < -0.4 is 10.5 Å².